The average molecular weight is 351 g/mol. The van der Waals surface area contributed by atoms with Gasteiger partial charge in [0.15, 0.2) is 0 Å². The summed E-state index contributed by atoms with van der Waals surface area (Å²) in [7, 11) is 0. The Labute approximate surface area is 150 Å². The third kappa shape index (κ3) is 6.49. The average Bonchev–Trinajstić information content (AvgIpc) is 2.55. The van der Waals surface area contributed by atoms with E-state index in [2.05, 4.69) is 41.2 Å². The lowest BCUT2D eigenvalue weighted by Gasteiger charge is -2.33. The van der Waals surface area contributed by atoms with E-state index in [4.69, 9.17) is 5.73 Å². The first kappa shape index (κ1) is 21.2. The maximum atomic E-state index is 11.6. The molecule has 142 valence electrons. The quantitative estimate of drug-likeness (QED) is 0.330. The van der Waals surface area contributed by atoms with Crippen molar-refractivity contribution in [1.82, 2.24) is 10.6 Å². The number of aliphatic imine (C=N–C) groups is 2. The van der Waals surface area contributed by atoms with Crippen LogP contribution in [0.2, 0.25) is 0 Å². The van der Waals surface area contributed by atoms with Crippen LogP contribution in [0.5, 0.6) is 0 Å². The minimum Gasteiger partial charge on any atom is -0.393 e. The molecule has 0 spiro atoms. The number of rotatable bonds is 6. The largest absolute Gasteiger partial charge is 0.393 e. The first-order chi connectivity index (χ1) is 11.6. The number of carbonyl (C=O) groups is 1. The Morgan fingerprint density at radius 1 is 1.32 bits per heavy atom. The number of hydrogen-bond donors (Lipinski definition) is 4. The number of guanidine groups is 1. The predicted octanol–water partition coefficient (Wildman–Crippen LogP) is 1.53. The fraction of sp³-hybridized carbons (Fsp3) is 0.722. The van der Waals surface area contributed by atoms with Gasteiger partial charge in [-0.25, -0.2) is 9.98 Å². The number of primary amides is 1. The Morgan fingerprint density at radius 3 is 2.44 bits per heavy atom. The summed E-state index contributed by atoms with van der Waals surface area (Å²) >= 11 is 0. The van der Waals surface area contributed by atoms with Crippen LogP contribution in [0.15, 0.2) is 21.4 Å². The molecule has 5 N–H and O–H groups in total. The Balaban J connectivity index is 2.96. The van der Waals surface area contributed by atoms with E-state index in [0.29, 0.717) is 29.7 Å². The van der Waals surface area contributed by atoms with E-state index < -0.39 is 5.91 Å². The van der Waals surface area contributed by atoms with Gasteiger partial charge in [0, 0.05) is 6.04 Å². The van der Waals surface area contributed by atoms with E-state index in [1.807, 2.05) is 13.8 Å². The van der Waals surface area contributed by atoms with Gasteiger partial charge in [-0.05, 0) is 51.7 Å². The van der Waals surface area contributed by atoms with Crippen LogP contribution in [-0.2, 0) is 4.79 Å². The maximum Gasteiger partial charge on any atom is 0.247 e. The van der Waals surface area contributed by atoms with Crippen molar-refractivity contribution in [2.45, 2.75) is 72.1 Å². The highest BCUT2D eigenvalue weighted by molar-refractivity contribution is 5.93. The highest BCUT2D eigenvalue weighted by Crippen LogP contribution is 2.24. The molecule has 0 aromatic heterocycles. The molecule has 7 heteroatoms. The Hall–Kier alpha value is -1.89. The fourth-order valence-corrected chi connectivity index (χ4v) is 2.56. The molecule has 0 unspecified atom stereocenters. The number of aliphatic hydroxyl groups excluding tert-OH is 1. The summed E-state index contributed by atoms with van der Waals surface area (Å²) in [6.45, 7) is 13.4. The van der Waals surface area contributed by atoms with Crippen molar-refractivity contribution in [3.8, 4) is 0 Å². The van der Waals surface area contributed by atoms with Crippen LogP contribution in [0.1, 0.15) is 53.9 Å². The lowest BCUT2D eigenvalue weighted by atomic mass is 9.85. The zero-order chi connectivity index (χ0) is 19.1. The lowest BCUT2D eigenvalue weighted by molar-refractivity contribution is -0.114. The van der Waals surface area contributed by atoms with Crippen molar-refractivity contribution in [2.24, 2.45) is 27.6 Å². The van der Waals surface area contributed by atoms with Gasteiger partial charge in [-0.3, -0.25) is 4.79 Å². The van der Waals surface area contributed by atoms with Crippen molar-refractivity contribution < 1.29 is 9.90 Å². The first-order valence-electron chi connectivity index (χ1n) is 8.92. The predicted molar refractivity (Wildman–Crippen MR) is 102 cm³/mol. The van der Waals surface area contributed by atoms with Gasteiger partial charge in [-0.2, -0.15) is 0 Å². The summed E-state index contributed by atoms with van der Waals surface area (Å²) in [5.74, 6) is 0.927. The van der Waals surface area contributed by atoms with Gasteiger partial charge < -0.3 is 21.5 Å². The van der Waals surface area contributed by atoms with Gasteiger partial charge >= 0.3 is 0 Å². The summed E-state index contributed by atoms with van der Waals surface area (Å²) < 4.78 is 0. The third-order valence-corrected chi connectivity index (χ3v) is 4.92. The molecule has 1 fully saturated rings. The van der Waals surface area contributed by atoms with Crippen molar-refractivity contribution in [3.05, 3.63) is 11.4 Å². The van der Waals surface area contributed by atoms with Crippen LogP contribution < -0.4 is 16.4 Å². The Kier molecular flexibility index (Phi) is 8.09. The standard InChI is InChI=1S/C18H33N5O2/c1-10(2)13(5)21-18(20-6)23-17(12(4)16(19)25)22-14-8-7-11(3)15(24)9-14/h10-11,13-15,22,24H,6-9H2,1-5H3,(H2,19,25)(H,21,23)/b17-12+/t11-,13+,14-,15-/m1/s1. The third-order valence-electron chi connectivity index (χ3n) is 4.92. The molecule has 0 aromatic rings. The van der Waals surface area contributed by atoms with Crippen molar-refractivity contribution in [1.29, 1.82) is 0 Å². The molecule has 0 radical (unpaired) electrons. The molecule has 1 aliphatic rings. The minimum absolute atomic E-state index is 0.0524. The maximum absolute atomic E-state index is 11.6. The molecule has 4 atom stereocenters. The molecule has 0 aliphatic heterocycles. The summed E-state index contributed by atoms with van der Waals surface area (Å²) in [6, 6.07) is 0.108. The van der Waals surface area contributed by atoms with Crippen LogP contribution in [0.25, 0.3) is 0 Å². The van der Waals surface area contributed by atoms with Crippen LogP contribution in [0.3, 0.4) is 0 Å². The number of nitrogens with one attached hydrogen (secondary N) is 2. The van der Waals surface area contributed by atoms with Crippen LogP contribution in [0.4, 0.5) is 0 Å². The molecule has 0 heterocycles. The summed E-state index contributed by atoms with van der Waals surface area (Å²) in [5, 5.41) is 16.4. The van der Waals surface area contributed by atoms with E-state index in [9.17, 15) is 9.90 Å². The zero-order valence-corrected chi connectivity index (χ0v) is 16.0. The summed E-state index contributed by atoms with van der Waals surface area (Å²) in [5.41, 5.74) is 5.81. The SMILES string of the molecule is C=NC(=N[C@@H](C)C(C)C)N/C(N[C@@H]1CC[C@@H](C)[C@H](O)C1)=C(\C)C(N)=O. The molecular weight excluding hydrogens is 318 g/mol. The molecule has 1 rings (SSSR count). The molecule has 7 nitrogen and oxygen atoms in total. The number of aliphatic hydroxyl groups is 1. The number of nitrogens with zero attached hydrogens (tertiary/aromatic N) is 2. The molecule has 1 aliphatic carbocycles. The van der Waals surface area contributed by atoms with Crippen LogP contribution >= 0.6 is 0 Å². The number of carbonyl (C=O) groups excluding carboxylic acids is 1. The van der Waals surface area contributed by atoms with Crippen LogP contribution in [-0.4, -0.2) is 41.9 Å². The van der Waals surface area contributed by atoms with Gasteiger partial charge in [0.2, 0.25) is 11.9 Å². The first-order valence-corrected chi connectivity index (χ1v) is 8.92. The smallest absolute Gasteiger partial charge is 0.247 e. The number of hydrogen-bond acceptors (Lipinski definition) is 4. The minimum atomic E-state index is -0.528. The number of nitrogens with two attached hydrogens (primary N) is 1. The zero-order valence-electron chi connectivity index (χ0n) is 16.0. The topological polar surface area (TPSA) is 112 Å². The van der Waals surface area contributed by atoms with Crippen LogP contribution in [0, 0.1) is 11.8 Å². The van der Waals surface area contributed by atoms with E-state index in [1.165, 1.54) is 0 Å². The summed E-state index contributed by atoms with van der Waals surface area (Å²) in [6.07, 6.45) is 2.10. The highest BCUT2D eigenvalue weighted by atomic mass is 16.3. The second kappa shape index (κ2) is 9.56. The van der Waals surface area contributed by atoms with Gasteiger partial charge in [0.1, 0.15) is 5.82 Å². The number of amides is 1. The van der Waals surface area contributed by atoms with Gasteiger partial charge in [-0.1, -0.05) is 20.8 Å². The lowest BCUT2D eigenvalue weighted by Crippen LogP contribution is -2.44. The Bertz CT molecular complexity index is 542. The molecule has 0 aromatic carbocycles. The molecule has 0 saturated heterocycles. The van der Waals surface area contributed by atoms with E-state index in [-0.39, 0.29) is 24.1 Å². The Morgan fingerprint density at radius 2 is 1.96 bits per heavy atom. The van der Waals surface area contributed by atoms with Crippen molar-refractivity contribution >= 4 is 18.6 Å². The normalized spacial score (nSPS) is 26.7. The molecule has 25 heavy (non-hydrogen) atoms. The molecule has 0 bridgehead atoms. The van der Waals surface area contributed by atoms with Gasteiger partial charge in [0.25, 0.3) is 0 Å². The highest BCUT2D eigenvalue weighted by Gasteiger charge is 2.27. The molecular formula is C18H33N5O2. The van der Waals surface area contributed by atoms with Gasteiger partial charge in [-0.15, -0.1) is 0 Å². The fourth-order valence-electron chi connectivity index (χ4n) is 2.56. The monoisotopic (exact) mass is 351 g/mol. The van der Waals surface area contributed by atoms with E-state index in [1.54, 1.807) is 6.92 Å². The van der Waals surface area contributed by atoms with E-state index in [0.717, 1.165) is 12.8 Å². The molecule has 1 saturated carbocycles. The van der Waals surface area contributed by atoms with Crippen molar-refractivity contribution in [3.63, 3.8) is 0 Å². The second-order valence-electron chi connectivity index (χ2n) is 7.28. The molecule has 1 amide bonds. The van der Waals surface area contributed by atoms with Gasteiger partial charge in [0.05, 0.1) is 17.7 Å². The van der Waals surface area contributed by atoms with Crippen molar-refractivity contribution in [2.75, 3.05) is 0 Å². The second-order valence-corrected chi connectivity index (χ2v) is 7.28. The summed E-state index contributed by atoms with van der Waals surface area (Å²) in [4.78, 5) is 20.1. The van der Waals surface area contributed by atoms with E-state index >= 15 is 0 Å².